The van der Waals surface area contributed by atoms with Crippen molar-refractivity contribution in [2.24, 2.45) is 0 Å². The normalized spacial score (nSPS) is 11.0. The van der Waals surface area contributed by atoms with Gasteiger partial charge in [-0.1, -0.05) is 30.3 Å². The van der Waals surface area contributed by atoms with Crippen molar-refractivity contribution in [2.75, 3.05) is 5.32 Å². The number of pyridine rings is 1. The van der Waals surface area contributed by atoms with E-state index >= 15 is 0 Å². The maximum absolute atomic E-state index is 12.6. The molecule has 1 amide bonds. The molecule has 2 heterocycles. The average molecular weight is 397 g/mol. The van der Waals surface area contributed by atoms with Crippen LogP contribution in [0, 0.1) is 0 Å². The predicted octanol–water partition coefficient (Wildman–Crippen LogP) is 5.06. The van der Waals surface area contributed by atoms with Gasteiger partial charge in [-0.3, -0.25) is 9.59 Å². The first-order valence-corrected chi connectivity index (χ1v) is 9.88. The van der Waals surface area contributed by atoms with E-state index in [2.05, 4.69) is 15.3 Å². The van der Waals surface area contributed by atoms with Crippen LogP contribution < -0.4 is 10.9 Å². The van der Waals surface area contributed by atoms with Gasteiger partial charge in [0.15, 0.2) is 0 Å². The minimum atomic E-state index is -0.440. The number of hydrogen-bond acceptors (Lipinski definition) is 4. The number of anilines is 1. The minimum absolute atomic E-state index is 0.0824. The van der Waals surface area contributed by atoms with Gasteiger partial charge in [0.2, 0.25) is 0 Å². The molecule has 0 unspecified atom stereocenters. The number of aromatic amines is 1. The number of carbonyl (C=O) groups excluding carboxylic acids is 1. The average Bonchev–Trinajstić information content (AvgIpc) is 3.18. The van der Waals surface area contributed by atoms with Gasteiger partial charge < -0.3 is 10.3 Å². The molecular formula is C23H15N3O2S. The number of thiazole rings is 1. The monoisotopic (exact) mass is 397 g/mol. The van der Waals surface area contributed by atoms with Gasteiger partial charge in [0.05, 0.1) is 10.2 Å². The van der Waals surface area contributed by atoms with Crippen molar-refractivity contribution in [1.82, 2.24) is 9.97 Å². The number of fused-ring (bicyclic) bond motifs is 2. The zero-order valence-corrected chi connectivity index (χ0v) is 16.0. The Morgan fingerprint density at radius 2 is 1.69 bits per heavy atom. The van der Waals surface area contributed by atoms with Crippen LogP contribution in [0.3, 0.4) is 0 Å². The van der Waals surface area contributed by atoms with Gasteiger partial charge in [-0.15, -0.1) is 11.3 Å². The Kier molecular flexibility index (Phi) is 4.18. The fourth-order valence-electron chi connectivity index (χ4n) is 3.21. The van der Waals surface area contributed by atoms with Crippen LogP contribution in [0.2, 0.25) is 0 Å². The Morgan fingerprint density at radius 1 is 0.931 bits per heavy atom. The summed E-state index contributed by atoms with van der Waals surface area (Å²) in [5.74, 6) is -0.440. The van der Waals surface area contributed by atoms with Gasteiger partial charge in [-0.05, 0) is 53.9 Å². The van der Waals surface area contributed by atoms with E-state index in [-0.39, 0.29) is 5.56 Å². The Labute approximate surface area is 169 Å². The summed E-state index contributed by atoms with van der Waals surface area (Å²) in [6, 6.07) is 24.4. The van der Waals surface area contributed by atoms with Crippen LogP contribution in [0.5, 0.6) is 0 Å². The largest absolute Gasteiger partial charge is 0.322 e. The second kappa shape index (κ2) is 7.00. The van der Waals surface area contributed by atoms with Crippen molar-refractivity contribution < 1.29 is 4.79 Å². The smallest absolute Gasteiger partial charge is 0.261 e. The van der Waals surface area contributed by atoms with Crippen molar-refractivity contribution in [2.45, 2.75) is 0 Å². The number of rotatable bonds is 3. The number of carbonyl (C=O) groups is 1. The van der Waals surface area contributed by atoms with E-state index in [0.29, 0.717) is 11.2 Å². The molecule has 5 nitrogen and oxygen atoms in total. The summed E-state index contributed by atoms with van der Waals surface area (Å²) in [5, 5.41) is 4.53. The maximum Gasteiger partial charge on any atom is 0.261 e. The summed E-state index contributed by atoms with van der Waals surface area (Å²) >= 11 is 1.63. The molecule has 0 atom stereocenters. The molecule has 0 aliphatic carbocycles. The highest BCUT2D eigenvalue weighted by molar-refractivity contribution is 7.21. The topological polar surface area (TPSA) is 74.8 Å². The molecule has 5 aromatic rings. The van der Waals surface area contributed by atoms with E-state index in [1.54, 1.807) is 23.5 Å². The highest BCUT2D eigenvalue weighted by Gasteiger charge is 2.13. The molecular weight excluding hydrogens is 382 g/mol. The fraction of sp³-hybridized carbons (Fsp3) is 0. The van der Waals surface area contributed by atoms with Crippen molar-refractivity contribution >= 4 is 44.1 Å². The van der Waals surface area contributed by atoms with E-state index in [4.69, 9.17) is 0 Å². The van der Waals surface area contributed by atoms with Crippen LogP contribution in [-0.4, -0.2) is 15.9 Å². The lowest BCUT2D eigenvalue weighted by atomic mass is 10.1. The first-order chi connectivity index (χ1) is 14.2. The molecule has 2 aromatic heterocycles. The summed E-state index contributed by atoms with van der Waals surface area (Å²) in [6.45, 7) is 0. The SMILES string of the molecule is O=C(Nc1ccc(-c2nc3ccccc3s2)cc1)c1cc2ccccc2[nH]c1=O. The molecule has 0 radical (unpaired) electrons. The van der Waals surface area contributed by atoms with Gasteiger partial charge in [-0.2, -0.15) is 0 Å². The number of benzene rings is 3. The van der Waals surface area contributed by atoms with E-state index in [0.717, 1.165) is 26.2 Å². The highest BCUT2D eigenvalue weighted by Crippen LogP contribution is 2.30. The van der Waals surface area contributed by atoms with E-state index in [1.807, 2.05) is 66.7 Å². The predicted molar refractivity (Wildman–Crippen MR) is 118 cm³/mol. The zero-order valence-electron chi connectivity index (χ0n) is 15.2. The third kappa shape index (κ3) is 3.30. The molecule has 29 heavy (non-hydrogen) atoms. The number of H-pyrrole nitrogens is 1. The van der Waals surface area contributed by atoms with Gasteiger partial charge >= 0.3 is 0 Å². The molecule has 0 fully saturated rings. The minimum Gasteiger partial charge on any atom is -0.322 e. The number of aromatic nitrogens is 2. The summed E-state index contributed by atoms with van der Waals surface area (Å²) in [4.78, 5) is 32.3. The van der Waals surface area contributed by atoms with Crippen LogP contribution in [-0.2, 0) is 0 Å². The van der Waals surface area contributed by atoms with E-state index in [9.17, 15) is 9.59 Å². The lowest BCUT2D eigenvalue weighted by Crippen LogP contribution is -2.22. The molecule has 5 rings (SSSR count). The molecule has 0 saturated heterocycles. The third-order valence-electron chi connectivity index (χ3n) is 4.68. The van der Waals surface area contributed by atoms with Gasteiger partial charge in [0.25, 0.3) is 11.5 Å². The first-order valence-electron chi connectivity index (χ1n) is 9.07. The van der Waals surface area contributed by atoms with Gasteiger partial charge in [-0.25, -0.2) is 4.98 Å². The van der Waals surface area contributed by atoms with Crippen molar-refractivity contribution in [3.8, 4) is 10.6 Å². The molecule has 6 heteroatoms. The molecule has 3 aromatic carbocycles. The Balaban J connectivity index is 1.40. The molecule has 0 bridgehead atoms. The van der Waals surface area contributed by atoms with Crippen LogP contribution in [0.4, 0.5) is 5.69 Å². The number of para-hydroxylation sites is 2. The second-order valence-corrected chi connectivity index (χ2v) is 7.65. The van der Waals surface area contributed by atoms with Crippen LogP contribution in [0.25, 0.3) is 31.7 Å². The molecule has 0 aliphatic rings. The molecule has 0 aliphatic heterocycles. The maximum atomic E-state index is 12.6. The Hall–Kier alpha value is -3.77. The van der Waals surface area contributed by atoms with Crippen LogP contribution in [0.1, 0.15) is 10.4 Å². The quantitative estimate of drug-likeness (QED) is 0.447. The molecule has 140 valence electrons. The zero-order chi connectivity index (χ0) is 19.8. The lowest BCUT2D eigenvalue weighted by molar-refractivity contribution is 0.102. The van der Waals surface area contributed by atoms with E-state index in [1.165, 1.54) is 0 Å². The molecule has 0 saturated carbocycles. The number of nitrogens with one attached hydrogen (secondary N) is 2. The molecule has 0 spiro atoms. The standard InChI is InChI=1S/C23H15N3O2S/c27-21(17-13-15-5-1-2-6-18(15)25-22(17)28)24-16-11-9-14(10-12-16)23-26-19-7-3-4-8-20(19)29-23/h1-13H,(H,24,27)(H,25,28). The number of amides is 1. The lowest BCUT2D eigenvalue weighted by Gasteiger charge is -2.06. The van der Waals surface area contributed by atoms with Gasteiger partial charge in [0, 0.05) is 16.8 Å². The van der Waals surface area contributed by atoms with Crippen LogP contribution in [0.15, 0.2) is 83.7 Å². The summed E-state index contributed by atoms with van der Waals surface area (Å²) in [5.41, 5.74) is 2.95. The van der Waals surface area contributed by atoms with Crippen molar-refractivity contribution in [1.29, 1.82) is 0 Å². The third-order valence-corrected chi connectivity index (χ3v) is 5.77. The fourth-order valence-corrected chi connectivity index (χ4v) is 4.18. The number of nitrogens with zero attached hydrogens (tertiary/aromatic N) is 1. The number of hydrogen-bond donors (Lipinski definition) is 2. The Bertz CT molecular complexity index is 1380. The molecule has 2 N–H and O–H groups in total. The summed E-state index contributed by atoms with van der Waals surface area (Å²) < 4.78 is 1.13. The second-order valence-electron chi connectivity index (χ2n) is 6.62. The van der Waals surface area contributed by atoms with Gasteiger partial charge in [0.1, 0.15) is 10.6 Å². The van der Waals surface area contributed by atoms with E-state index < -0.39 is 11.5 Å². The summed E-state index contributed by atoms with van der Waals surface area (Å²) in [7, 11) is 0. The van der Waals surface area contributed by atoms with Crippen LogP contribution >= 0.6 is 11.3 Å². The first kappa shape index (κ1) is 17.3. The van der Waals surface area contributed by atoms with Crippen molar-refractivity contribution in [3.63, 3.8) is 0 Å². The van der Waals surface area contributed by atoms with Crippen molar-refractivity contribution in [3.05, 3.63) is 94.8 Å². The summed E-state index contributed by atoms with van der Waals surface area (Å²) in [6.07, 6.45) is 0. The highest BCUT2D eigenvalue weighted by atomic mass is 32.1. The Morgan fingerprint density at radius 3 is 2.52 bits per heavy atom.